The predicted molar refractivity (Wildman–Crippen MR) is 80.7 cm³/mol. The summed E-state index contributed by atoms with van der Waals surface area (Å²) >= 11 is 0. The summed E-state index contributed by atoms with van der Waals surface area (Å²) < 4.78 is 5.80. The summed E-state index contributed by atoms with van der Waals surface area (Å²) in [6.07, 6.45) is 3.09. The Bertz CT molecular complexity index is 447. The molecule has 20 heavy (non-hydrogen) atoms. The highest BCUT2D eigenvalue weighted by Crippen LogP contribution is 2.23. The lowest BCUT2D eigenvalue weighted by Crippen LogP contribution is -2.36. The van der Waals surface area contributed by atoms with Crippen molar-refractivity contribution in [1.82, 2.24) is 4.90 Å². The lowest BCUT2D eigenvalue weighted by atomic mass is 10.0. The number of likely N-dealkylation sites (tertiary alicyclic amines) is 1. The minimum absolute atomic E-state index is 0.462. The molecule has 0 saturated carbocycles. The molecule has 1 aliphatic rings. The molecule has 0 aliphatic carbocycles. The molecule has 1 unspecified atom stereocenters. The zero-order valence-electron chi connectivity index (χ0n) is 12.5. The van der Waals surface area contributed by atoms with Crippen molar-refractivity contribution in [2.24, 2.45) is 5.92 Å². The highest BCUT2D eigenvalue weighted by Gasteiger charge is 2.26. The normalized spacial score (nSPS) is 19.2. The third-order valence-electron chi connectivity index (χ3n) is 4.04. The first kappa shape index (κ1) is 14.9. The van der Waals surface area contributed by atoms with Crippen LogP contribution < -0.4 is 4.74 Å². The smallest absolute Gasteiger partial charge is 0.119 e. The van der Waals surface area contributed by atoms with Crippen LogP contribution in [0.4, 0.5) is 0 Å². The molecule has 108 valence electrons. The average Bonchev–Trinajstić information content (AvgIpc) is 2.90. The first-order valence-electron chi connectivity index (χ1n) is 7.53. The van der Waals surface area contributed by atoms with Crippen LogP contribution in [0.5, 0.6) is 5.75 Å². The average molecular weight is 272 g/mol. The molecule has 0 amide bonds. The molecule has 0 radical (unpaired) electrons. The van der Waals surface area contributed by atoms with E-state index >= 15 is 0 Å². The fraction of sp³-hybridized carbons (Fsp3) is 0.588. The number of hydrogen-bond donors (Lipinski definition) is 0. The minimum atomic E-state index is 0.462. The van der Waals surface area contributed by atoms with Gasteiger partial charge < -0.3 is 4.74 Å². The Morgan fingerprint density at radius 2 is 2.10 bits per heavy atom. The van der Waals surface area contributed by atoms with Crippen LogP contribution in [0.15, 0.2) is 24.3 Å². The van der Waals surface area contributed by atoms with Crippen molar-refractivity contribution in [3.05, 3.63) is 29.8 Å². The maximum Gasteiger partial charge on any atom is 0.119 e. The Morgan fingerprint density at radius 3 is 2.75 bits per heavy atom. The van der Waals surface area contributed by atoms with Crippen LogP contribution in [0.2, 0.25) is 0 Å². The summed E-state index contributed by atoms with van der Waals surface area (Å²) in [5.74, 6) is 1.62. The third-order valence-corrected chi connectivity index (χ3v) is 4.04. The molecule has 1 atom stereocenters. The van der Waals surface area contributed by atoms with Gasteiger partial charge in [-0.3, -0.25) is 4.90 Å². The number of rotatable bonds is 6. The number of hydrogen-bond acceptors (Lipinski definition) is 3. The van der Waals surface area contributed by atoms with Gasteiger partial charge >= 0.3 is 0 Å². The van der Waals surface area contributed by atoms with Gasteiger partial charge in [0.25, 0.3) is 0 Å². The lowest BCUT2D eigenvalue weighted by molar-refractivity contribution is 0.168. The summed E-state index contributed by atoms with van der Waals surface area (Å²) in [7, 11) is 0. The van der Waals surface area contributed by atoms with Crippen molar-refractivity contribution in [3.8, 4) is 11.8 Å². The Balaban J connectivity index is 1.77. The van der Waals surface area contributed by atoms with Crippen molar-refractivity contribution in [1.29, 1.82) is 5.26 Å². The van der Waals surface area contributed by atoms with Crippen molar-refractivity contribution in [3.63, 3.8) is 0 Å². The van der Waals surface area contributed by atoms with Gasteiger partial charge in [0.05, 0.1) is 12.5 Å². The number of nitrogens with zero attached hydrogens (tertiary/aromatic N) is 2. The van der Waals surface area contributed by atoms with E-state index in [-0.39, 0.29) is 0 Å². The quantitative estimate of drug-likeness (QED) is 0.797. The van der Waals surface area contributed by atoms with Crippen LogP contribution in [0.3, 0.4) is 0 Å². The second-order valence-corrected chi connectivity index (χ2v) is 5.82. The summed E-state index contributed by atoms with van der Waals surface area (Å²) in [6.45, 7) is 7.55. The van der Waals surface area contributed by atoms with E-state index in [0.29, 0.717) is 6.42 Å². The number of ether oxygens (including phenoxy) is 1. The summed E-state index contributed by atoms with van der Waals surface area (Å²) in [5, 5.41) is 8.63. The molecule has 1 aromatic rings. The van der Waals surface area contributed by atoms with Crippen molar-refractivity contribution in [2.45, 2.75) is 39.2 Å². The molecule has 3 nitrogen and oxygen atoms in total. The Hall–Kier alpha value is -1.53. The van der Waals surface area contributed by atoms with Gasteiger partial charge in [0.15, 0.2) is 0 Å². The van der Waals surface area contributed by atoms with E-state index < -0.39 is 0 Å². The van der Waals surface area contributed by atoms with Gasteiger partial charge in [0.1, 0.15) is 12.4 Å². The summed E-state index contributed by atoms with van der Waals surface area (Å²) in [6, 6.07) is 10.7. The van der Waals surface area contributed by atoms with E-state index in [9.17, 15) is 0 Å². The van der Waals surface area contributed by atoms with Gasteiger partial charge in [-0.25, -0.2) is 0 Å². The highest BCUT2D eigenvalue weighted by molar-refractivity contribution is 5.28. The van der Waals surface area contributed by atoms with Gasteiger partial charge in [-0.15, -0.1) is 0 Å². The molecule has 0 N–H and O–H groups in total. The van der Waals surface area contributed by atoms with Crippen LogP contribution in [-0.4, -0.2) is 30.6 Å². The van der Waals surface area contributed by atoms with Crippen molar-refractivity contribution in [2.75, 3.05) is 19.7 Å². The fourth-order valence-corrected chi connectivity index (χ4v) is 2.96. The molecule has 3 heteroatoms. The molecule has 1 heterocycles. The van der Waals surface area contributed by atoms with E-state index in [4.69, 9.17) is 10.00 Å². The minimum Gasteiger partial charge on any atom is -0.492 e. The Kier molecular flexibility index (Phi) is 5.43. The predicted octanol–water partition coefficient (Wildman–Crippen LogP) is 3.25. The molecular weight excluding hydrogens is 248 g/mol. The molecule has 2 rings (SSSR count). The van der Waals surface area contributed by atoms with Crippen LogP contribution in [0.1, 0.15) is 32.3 Å². The fourth-order valence-electron chi connectivity index (χ4n) is 2.96. The van der Waals surface area contributed by atoms with E-state index in [1.54, 1.807) is 0 Å². The van der Waals surface area contributed by atoms with E-state index in [1.807, 2.05) is 24.3 Å². The zero-order chi connectivity index (χ0) is 14.4. The topological polar surface area (TPSA) is 36.3 Å². The summed E-state index contributed by atoms with van der Waals surface area (Å²) in [5.41, 5.74) is 1.04. The van der Waals surface area contributed by atoms with Gasteiger partial charge in [0.2, 0.25) is 0 Å². The highest BCUT2D eigenvalue weighted by atomic mass is 16.5. The number of benzene rings is 1. The first-order chi connectivity index (χ1) is 9.70. The second-order valence-electron chi connectivity index (χ2n) is 5.82. The Labute approximate surface area is 122 Å². The Morgan fingerprint density at radius 1 is 1.35 bits per heavy atom. The lowest BCUT2D eigenvalue weighted by Gasteiger charge is -2.27. The van der Waals surface area contributed by atoms with Crippen LogP contribution in [0.25, 0.3) is 0 Å². The first-order valence-corrected chi connectivity index (χ1v) is 7.53. The van der Waals surface area contributed by atoms with Crippen LogP contribution in [0, 0.1) is 17.2 Å². The maximum absolute atomic E-state index is 8.63. The molecule has 1 saturated heterocycles. The molecule has 1 aliphatic heterocycles. The van der Waals surface area contributed by atoms with Gasteiger partial charge in [0, 0.05) is 12.6 Å². The van der Waals surface area contributed by atoms with E-state index in [2.05, 4.69) is 24.8 Å². The van der Waals surface area contributed by atoms with Crippen LogP contribution >= 0.6 is 0 Å². The summed E-state index contributed by atoms with van der Waals surface area (Å²) in [4.78, 5) is 2.55. The van der Waals surface area contributed by atoms with Crippen molar-refractivity contribution >= 4 is 0 Å². The third kappa shape index (κ3) is 3.98. The molecule has 0 bridgehead atoms. The number of nitriles is 1. The van der Waals surface area contributed by atoms with Gasteiger partial charge in [-0.1, -0.05) is 26.0 Å². The van der Waals surface area contributed by atoms with E-state index in [1.165, 1.54) is 19.4 Å². The molecular formula is C17H24N2O. The standard InChI is InChI=1S/C17H24N2O/c1-14(2)17-4-3-11-19(17)12-13-20-16-7-5-15(6-8-16)9-10-18/h5-8,14,17H,3-4,9,11-13H2,1-2H3. The monoisotopic (exact) mass is 272 g/mol. The van der Waals surface area contributed by atoms with Gasteiger partial charge in [-0.05, 0) is 43.0 Å². The maximum atomic E-state index is 8.63. The molecule has 1 fully saturated rings. The largest absolute Gasteiger partial charge is 0.492 e. The SMILES string of the molecule is CC(C)C1CCCN1CCOc1ccc(CC#N)cc1. The molecule has 0 spiro atoms. The van der Waals surface area contributed by atoms with E-state index in [0.717, 1.165) is 36.4 Å². The van der Waals surface area contributed by atoms with Crippen molar-refractivity contribution < 1.29 is 4.74 Å². The molecule has 1 aromatic carbocycles. The van der Waals surface area contributed by atoms with Crippen LogP contribution in [-0.2, 0) is 6.42 Å². The molecule has 0 aromatic heterocycles. The zero-order valence-corrected chi connectivity index (χ0v) is 12.5. The van der Waals surface area contributed by atoms with Gasteiger partial charge in [-0.2, -0.15) is 5.26 Å². The second kappa shape index (κ2) is 7.31.